The summed E-state index contributed by atoms with van der Waals surface area (Å²) in [5, 5.41) is 4.40. The van der Waals surface area contributed by atoms with Crippen molar-refractivity contribution in [2.45, 2.75) is 0 Å². The molecule has 1 saturated heterocycles. The molecule has 1 fully saturated rings. The lowest BCUT2D eigenvalue weighted by molar-refractivity contribution is 0.141. The Morgan fingerprint density at radius 1 is 1.00 bits per heavy atom. The molecule has 0 N–H and O–H groups in total. The van der Waals surface area contributed by atoms with Gasteiger partial charge in [-0.05, 0) is 12.2 Å². The zero-order valence-electron chi connectivity index (χ0n) is 5.03. The molecule has 0 aliphatic carbocycles. The molecular formula is C6H8N2S. The number of hydrogen-bond donors (Lipinski definition) is 0. The van der Waals surface area contributed by atoms with Crippen molar-refractivity contribution in [1.29, 1.82) is 0 Å². The summed E-state index contributed by atoms with van der Waals surface area (Å²) in [5.41, 5.74) is 0. The second-order valence-corrected chi connectivity index (χ2v) is 2.95. The molecule has 2 aliphatic rings. The van der Waals surface area contributed by atoms with Crippen LogP contribution < -0.4 is 0 Å². The van der Waals surface area contributed by atoms with E-state index in [4.69, 9.17) is 0 Å². The van der Waals surface area contributed by atoms with Crippen LogP contribution in [-0.2, 0) is 0 Å². The largest absolute Gasteiger partial charge is 0.282 e. The van der Waals surface area contributed by atoms with Gasteiger partial charge in [-0.2, -0.15) is 0 Å². The van der Waals surface area contributed by atoms with Gasteiger partial charge in [-0.15, -0.1) is 11.8 Å². The highest BCUT2D eigenvalue weighted by molar-refractivity contribution is 7.99. The fourth-order valence-corrected chi connectivity index (χ4v) is 1.86. The lowest BCUT2D eigenvalue weighted by Crippen LogP contribution is -2.28. The second-order valence-electron chi connectivity index (χ2n) is 2.02. The Kier molecular flexibility index (Phi) is 1.16. The number of nitrogens with zero attached hydrogens (tertiary/aromatic N) is 2. The number of rotatable bonds is 0. The van der Waals surface area contributed by atoms with E-state index < -0.39 is 0 Å². The van der Waals surface area contributed by atoms with Crippen molar-refractivity contribution in [1.82, 2.24) is 10.0 Å². The van der Waals surface area contributed by atoms with Gasteiger partial charge in [0.25, 0.3) is 0 Å². The van der Waals surface area contributed by atoms with E-state index in [-0.39, 0.29) is 0 Å². The molecule has 0 spiro atoms. The van der Waals surface area contributed by atoms with E-state index in [1.807, 2.05) is 11.8 Å². The summed E-state index contributed by atoms with van der Waals surface area (Å²) in [4.78, 5) is 0. The van der Waals surface area contributed by atoms with E-state index in [1.165, 1.54) is 0 Å². The normalized spacial score (nSPS) is 23.1. The maximum atomic E-state index is 2.20. The molecule has 0 bridgehead atoms. The molecule has 2 nitrogen and oxygen atoms in total. The van der Waals surface area contributed by atoms with Crippen LogP contribution in [0.1, 0.15) is 0 Å². The van der Waals surface area contributed by atoms with E-state index in [0.29, 0.717) is 0 Å². The standard InChI is InChI=1S/C6H8N2S/c1-2-4-8-6-9-5-7(8)3-1/h1-4H,5-6H2. The highest BCUT2D eigenvalue weighted by Gasteiger charge is 2.15. The number of hydrogen-bond acceptors (Lipinski definition) is 3. The lowest BCUT2D eigenvalue weighted by Gasteiger charge is -2.25. The van der Waals surface area contributed by atoms with Gasteiger partial charge in [-0.3, -0.25) is 10.0 Å². The van der Waals surface area contributed by atoms with Gasteiger partial charge in [0.1, 0.15) is 0 Å². The molecule has 0 aromatic carbocycles. The van der Waals surface area contributed by atoms with Crippen molar-refractivity contribution in [2.75, 3.05) is 11.8 Å². The third-order valence-electron chi connectivity index (χ3n) is 1.40. The van der Waals surface area contributed by atoms with Crippen LogP contribution in [0.3, 0.4) is 0 Å². The quantitative estimate of drug-likeness (QED) is 0.499. The summed E-state index contributed by atoms with van der Waals surface area (Å²) in [6.07, 6.45) is 8.31. The average molecular weight is 140 g/mol. The van der Waals surface area contributed by atoms with Gasteiger partial charge in [-0.25, -0.2) is 0 Å². The van der Waals surface area contributed by atoms with Crippen LogP contribution in [0.25, 0.3) is 0 Å². The number of fused-ring (bicyclic) bond motifs is 1. The first kappa shape index (κ1) is 5.23. The van der Waals surface area contributed by atoms with Gasteiger partial charge in [-0.1, -0.05) is 0 Å². The van der Waals surface area contributed by atoms with E-state index in [0.717, 1.165) is 11.8 Å². The van der Waals surface area contributed by atoms with Crippen LogP contribution in [0.15, 0.2) is 24.6 Å². The van der Waals surface area contributed by atoms with Crippen molar-refractivity contribution in [2.24, 2.45) is 0 Å². The number of hydrazine groups is 1. The first-order valence-electron chi connectivity index (χ1n) is 2.93. The highest BCUT2D eigenvalue weighted by atomic mass is 32.2. The van der Waals surface area contributed by atoms with Crippen LogP contribution in [0, 0.1) is 0 Å². The summed E-state index contributed by atoms with van der Waals surface area (Å²) in [6.45, 7) is 0. The molecule has 0 aromatic heterocycles. The average Bonchev–Trinajstić information content (AvgIpc) is 2.33. The van der Waals surface area contributed by atoms with E-state index in [2.05, 4.69) is 34.6 Å². The van der Waals surface area contributed by atoms with E-state index in [9.17, 15) is 0 Å². The molecule has 2 heterocycles. The topological polar surface area (TPSA) is 6.48 Å². The Morgan fingerprint density at radius 2 is 1.56 bits per heavy atom. The molecule has 0 atom stereocenters. The minimum atomic E-state index is 1.10. The van der Waals surface area contributed by atoms with Crippen molar-refractivity contribution in [3.8, 4) is 0 Å². The third kappa shape index (κ3) is 0.812. The smallest absolute Gasteiger partial charge is 0.0862 e. The Bertz CT molecular complexity index is 146. The highest BCUT2D eigenvalue weighted by Crippen LogP contribution is 2.21. The minimum Gasteiger partial charge on any atom is -0.282 e. The molecule has 0 radical (unpaired) electrons. The second kappa shape index (κ2) is 1.99. The van der Waals surface area contributed by atoms with Gasteiger partial charge in [0.15, 0.2) is 0 Å². The molecule has 0 amide bonds. The molecule has 9 heavy (non-hydrogen) atoms. The molecule has 2 aliphatic heterocycles. The van der Waals surface area contributed by atoms with Crippen molar-refractivity contribution in [3.05, 3.63) is 24.6 Å². The summed E-state index contributed by atoms with van der Waals surface area (Å²) < 4.78 is 0. The van der Waals surface area contributed by atoms with Gasteiger partial charge in [0.05, 0.1) is 11.8 Å². The maximum absolute atomic E-state index is 2.20. The Labute approximate surface area is 58.8 Å². The van der Waals surface area contributed by atoms with Crippen LogP contribution >= 0.6 is 11.8 Å². The fourth-order valence-electron chi connectivity index (χ4n) is 0.932. The zero-order chi connectivity index (χ0) is 6.10. The molecule has 0 unspecified atom stereocenters. The third-order valence-corrected chi connectivity index (χ3v) is 2.30. The van der Waals surface area contributed by atoms with Crippen molar-refractivity contribution < 1.29 is 0 Å². The molecule has 2 rings (SSSR count). The first-order chi connectivity index (χ1) is 4.47. The van der Waals surface area contributed by atoms with Gasteiger partial charge >= 0.3 is 0 Å². The minimum absolute atomic E-state index is 1.10. The zero-order valence-corrected chi connectivity index (χ0v) is 5.84. The van der Waals surface area contributed by atoms with Gasteiger partial charge < -0.3 is 0 Å². The van der Waals surface area contributed by atoms with Crippen LogP contribution in [0.2, 0.25) is 0 Å². The summed E-state index contributed by atoms with van der Waals surface area (Å²) in [5.74, 6) is 2.20. The number of allylic oxidation sites excluding steroid dienone is 2. The molecule has 0 saturated carbocycles. The van der Waals surface area contributed by atoms with Crippen LogP contribution in [0.4, 0.5) is 0 Å². The van der Waals surface area contributed by atoms with Crippen LogP contribution in [-0.4, -0.2) is 21.8 Å². The first-order valence-corrected chi connectivity index (χ1v) is 4.08. The van der Waals surface area contributed by atoms with E-state index in [1.54, 1.807) is 0 Å². The number of thioether (sulfide) groups is 1. The summed E-state index contributed by atoms with van der Waals surface area (Å²) in [6, 6.07) is 0. The summed E-state index contributed by atoms with van der Waals surface area (Å²) in [7, 11) is 0. The maximum Gasteiger partial charge on any atom is 0.0862 e. The predicted molar refractivity (Wildman–Crippen MR) is 39.3 cm³/mol. The molecular weight excluding hydrogens is 132 g/mol. The molecule has 48 valence electrons. The van der Waals surface area contributed by atoms with Crippen LogP contribution in [0.5, 0.6) is 0 Å². The van der Waals surface area contributed by atoms with Gasteiger partial charge in [0, 0.05) is 12.4 Å². The summed E-state index contributed by atoms with van der Waals surface area (Å²) >= 11 is 1.93. The van der Waals surface area contributed by atoms with Crippen molar-refractivity contribution >= 4 is 11.8 Å². The Morgan fingerprint density at radius 3 is 2.11 bits per heavy atom. The Hall–Kier alpha value is -0.570. The molecule has 3 heteroatoms. The monoisotopic (exact) mass is 140 g/mol. The lowest BCUT2D eigenvalue weighted by atomic mass is 10.5. The predicted octanol–water partition coefficient (Wildman–Crippen LogP) is 1.21. The van der Waals surface area contributed by atoms with E-state index >= 15 is 0 Å². The molecule has 0 aromatic rings. The fraction of sp³-hybridized carbons (Fsp3) is 0.333. The van der Waals surface area contributed by atoms with Gasteiger partial charge in [0.2, 0.25) is 0 Å². The van der Waals surface area contributed by atoms with Crippen molar-refractivity contribution in [3.63, 3.8) is 0 Å². The Balaban J connectivity index is 2.18. The SMILES string of the molecule is C1=CN2CSCN2C=C1.